The average molecular weight is 261 g/mol. The zero-order valence-corrected chi connectivity index (χ0v) is 10.3. The summed E-state index contributed by atoms with van der Waals surface area (Å²) in [5.74, 6) is 1.02. The van der Waals surface area contributed by atoms with Crippen molar-refractivity contribution in [2.45, 2.75) is 4.90 Å². The number of fused-ring (bicyclic) bond motifs is 1. The number of oxazole rings is 1. The van der Waals surface area contributed by atoms with Crippen molar-refractivity contribution in [2.24, 2.45) is 5.73 Å². The molecule has 0 unspecified atom stereocenters. The number of rotatable bonds is 2. The largest absolute Gasteiger partial charge is 0.444 e. The first-order valence-electron chi connectivity index (χ1n) is 5.50. The van der Waals surface area contributed by atoms with E-state index in [9.17, 15) is 4.79 Å². The topological polar surface area (TPSA) is 81.2 Å². The third-order valence-corrected chi connectivity index (χ3v) is 3.84. The molecule has 3 rings (SSSR count). The highest BCUT2D eigenvalue weighted by Crippen LogP contribution is 2.39. The van der Waals surface area contributed by atoms with Crippen LogP contribution in [-0.4, -0.2) is 23.2 Å². The molecule has 1 aliphatic heterocycles. The molecule has 1 amide bonds. The molecule has 0 fully saturated rings. The molecule has 0 saturated carbocycles. The van der Waals surface area contributed by atoms with Gasteiger partial charge in [0.2, 0.25) is 11.8 Å². The number of benzene rings is 1. The quantitative estimate of drug-likeness (QED) is 0.863. The smallest absolute Gasteiger partial charge is 0.248 e. The predicted molar refractivity (Wildman–Crippen MR) is 69.7 cm³/mol. The number of nitrogens with two attached hydrogens (primary N) is 1. The standard InChI is InChI=1S/C12H11N3O2S/c13-11(16)7-5-8(12-15-1-3-17-12)10-9(6-7)14-2-4-18-10/h1,3,5-6,14H,2,4H2,(H2,13,16). The lowest BCUT2D eigenvalue weighted by molar-refractivity contribution is 0.100. The van der Waals surface area contributed by atoms with Gasteiger partial charge >= 0.3 is 0 Å². The molecule has 0 bridgehead atoms. The maximum Gasteiger partial charge on any atom is 0.248 e. The van der Waals surface area contributed by atoms with Crippen molar-refractivity contribution in [2.75, 3.05) is 17.6 Å². The zero-order valence-electron chi connectivity index (χ0n) is 9.47. The van der Waals surface area contributed by atoms with Crippen molar-refractivity contribution in [3.8, 4) is 11.5 Å². The lowest BCUT2D eigenvalue weighted by Crippen LogP contribution is -2.15. The number of hydrogen-bond donors (Lipinski definition) is 2. The molecular weight excluding hydrogens is 250 g/mol. The third kappa shape index (κ3) is 1.84. The summed E-state index contributed by atoms with van der Waals surface area (Å²) in [6.07, 6.45) is 3.10. The second-order valence-corrected chi connectivity index (χ2v) is 4.98. The number of primary amides is 1. The summed E-state index contributed by atoms with van der Waals surface area (Å²) in [4.78, 5) is 16.5. The number of hydrogen-bond acceptors (Lipinski definition) is 5. The molecule has 0 spiro atoms. The van der Waals surface area contributed by atoms with E-state index >= 15 is 0 Å². The number of amides is 1. The van der Waals surface area contributed by atoms with Gasteiger partial charge in [0, 0.05) is 28.4 Å². The van der Waals surface area contributed by atoms with Gasteiger partial charge in [-0.2, -0.15) is 0 Å². The second-order valence-electron chi connectivity index (χ2n) is 3.88. The Morgan fingerprint density at radius 2 is 2.39 bits per heavy atom. The van der Waals surface area contributed by atoms with Gasteiger partial charge in [0.05, 0.1) is 11.8 Å². The second kappa shape index (κ2) is 4.38. The zero-order chi connectivity index (χ0) is 12.5. The van der Waals surface area contributed by atoms with Crippen LogP contribution in [0.5, 0.6) is 0 Å². The van der Waals surface area contributed by atoms with E-state index in [4.69, 9.17) is 10.2 Å². The summed E-state index contributed by atoms with van der Waals surface area (Å²) < 4.78 is 5.32. The SMILES string of the molecule is NC(=O)c1cc2c(c(-c3ncco3)c1)SCCN2. The van der Waals surface area contributed by atoms with Crippen LogP contribution in [0.25, 0.3) is 11.5 Å². The fourth-order valence-corrected chi connectivity index (χ4v) is 2.91. The van der Waals surface area contributed by atoms with Gasteiger partial charge < -0.3 is 15.5 Å². The normalized spacial score (nSPS) is 13.8. The lowest BCUT2D eigenvalue weighted by atomic mass is 10.1. The third-order valence-electron chi connectivity index (χ3n) is 2.70. The Labute approximate surface area is 108 Å². The van der Waals surface area contributed by atoms with E-state index in [1.807, 2.05) is 0 Å². The molecule has 2 heterocycles. The van der Waals surface area contributed by atoms with Crippen LogP contribution in [0.2, 0.25) is 0 Å². The fraction of sp³-hybridized carbons (Fsp3) is 0.167. The molecule has 0 radical (unpaired) electrons. The van der Waals surface area contributed by atoms with Crippen molar-refractivity contribution >= 4 is 23.4 Å². The molecule has 92 valence electrons. The van der Waals surface area contributed by atoms with E-state index in [1.54, 1.807) is 30.1 Å². The first-order valence-corrected chi connectivity index (χ1v) is 6.48. The minimum Gasteiger partial charge on any atom is -0.444 e. The molecule has 1 aromatic heterocycles. The van der Waals surface area contributed by atoms with Crippen LogP contribution in [0.15, 0.2) is 33.9 Å². The monoisotopic (exact) mass is 261 g/mol. The Balaban J connectivity index is 2.21. The summed E-state index contributed by atoms with van der Waals surface area (Å²) in [6, 6.07) is 3.50. The molecule has 6 heteroatoms. The average Bonchev–Trinajstić information content (AvgIpc) is 2.91. The van der Waals surface area contributed by atoms with Gasteiger partial charge in [-0.3, -0.25) is 4.79 Å². The van der Waals surface area contributed by atoms with Gasteiger partial charge in [-0.15, -0.1) is 11.8 Å². The van der Waals surface area contributed by atoms with E-state index in [-0.39, 0.29) is 0 Å². The van der Waals surface area contributed by atoms with Crippen molar-refractivity contribution in [1.29, 1.82) is 0 Å². The molecule has 0 aliphatic carbocycles. The first-order chi connectivity index (χ1) is 8.75. The molecule has 3 N–H and O–H groups in total. The Morgan fingerprint density at radius 1 is 1.50 bits per heavy atom. The number of thioether (sulfide) groups is 1. The number of carbonyl (C=O) groups is 1. The summed E-state index contributed by atoms with van der Waals surface area (Å²) >= 11 is 1.72. The summed E-state index contributed by atoms with van der Waals surface area (Å²) in [5, 5.41) is 3.26. The summed E-state index contributed by atoms with van der Waals surface area (Å²) in [7, 11) is 0. The van der Waals surface area contributed by atoms with Crippen LogP contribution in [0, 0.1) is 0 Å². The van der Waals surface area contributed by atoms with Crippen LogP contribution in [0.1, 0.15) is 10.4 Å². The molecule has 0 atom stereocenters. The van der Waals surface area contributed by atoms with E-state index in [0.29, 0.717) is 11.5 Å². The summed E-state index contributed by atoms with van der Waals surface area (Å²) in [5.41, 5.74) is 7.52. The van der Waals surface area contributed by atoms with Gasteiger partial charge in [0.1, 0.15) is 6.26 Å². The molecular formula is C12H11N3O2S. The maximum absolute atomic E-state index is 11.3. The van der Waals surface area contributed by atoms with Gasteiger partial charge in [0.15, 0.2) is 0 Å². The highest BCUT2D eigenvalue weighted by Gasteiger charge is 2.20. The minimum absolute atomic E-state index is 0.456. The Hall–Kier alpha value is -1.95. The Kier molecular flexibility index (Phi) is 2.71. The van der Waals surface area contributed by atoms with Crippen LogP contribution < -0.4 is 11.1 Å². The first kappa shape index (κ1) is 11.2. The molecule has 18 heavy (non-hydrogen) atoms. The van der Waals surface area contributed by atoms with Gasteiger partial charge in [-0.25, -0.2) is 4.98 Å². The number of aromatic nitrogens is 1. The minimum atomic E-state index is -0.456. The molecule has 0 saturated heterocycles. The Morgan fingerprint density at radius 3 is 3.11 bits per heavy atom. The van der Waals surface area contributed by atoms with E-state index in [1.165, 1.54) is 6.26 Å². The number of nitrogens with one attached hydrogen (secondary N) is 1. The molecule has 5 nitrogen and oxygen atoms in total. The van der Waals surface area contributed by atoms with Crippen LogP contribution in [-0.2, 0) is 0 Å². The van der Waals surface area contributed by atoms with E-state index in [0.717, 1.165) is 28.4 Å². The van der Waals surface area contributed by atoms with Crippen molar-refractivity contribution in [3.63, 3.8) is 0 Å². The van der Waals surface area contributed by atoms with Crippen molar-refractivity contribution in [3.05, 3.63) is 30.2 Å². The molecule has 1 aliphatic rings. The van der Waals surface area contributed by atoms with Gasteiger partial charge in [-0.1, -0.05) is 0 Å². The predicted octanol–water partition coefficient (Wildman–Crippen LogP) is 1.96. The Bertz CT molecular complexity index is 596. The molecule has 1 aromatic carbocycles. The van der Waals surface area contributed by atoms with Crippen LogP contribution >= 0.6 is 11.8 Å². The maximum atomic E-state index is 11.3. The van der Waals surface area contributed by atoms with E-state index in [2.05, 4.69) is 10.3 Å². The van der Waals surface area contributed by atoms with Crippen molar-refractivity contribution in [1.82, 2.24) is 4.98 Å². The molecule has 2 aromatic rings. The van der Waals surface area contributed by atoms with Gasteiger partial charge in [0.25, 0.3) is 0 Å². The van der Waals surface area contributed by atoms with Crippen molar-refractivity contribution < 1.29 is 9.21 Å². The fourth-order valence-electron chi connectivity index (χ4n) is 1.91. The summed E-state index contributed by atoms with van der Waals surface area (Å²) in [6.45, 7) is 0.866. The number of nitrogens with zero attached hydrogens (tertiary/aromatic N) is 1. The number of anilines is 1. The number of carbonyl (C=O) groups excluding carboxylic acids is 1. The van der Waals surface area contributed by atoms with Crippen LogP contribution in [0.3, 0.4) is 0 Å². The highest BCUT2D eigenvalue weighted by atomic mass is 32.2. The van der Waals surface area contributed by atoms with Gasteiger partial charge in [-0.05, 0) is 12.1 Å². The van der Waals surface area contributed by atoms with Crippen LogP contribution in [0.4, 0.5) is 5.69 Å². The lowest BCUT2D eigenvalue weighted by Gasteiger charge is -2.20. The van der Waals surface area contributed by atoms with E-state index < -0.39 is 5.91 Å². The highest BCUT2D eigenvalue weighted by molar-refractivity contribution is 7.99.